The molecule has 1 aromatic rings. The van der Waals surface area contributed by atoms with Crippen LogP contribution in [0.15, 0.2) is 5.38 Å². The van der Waals surface area contributed by atoms with E-state index in [0.717, 1.165) is 30.0 Å². The Morgan fingerprint density at radius 1 is 1.32 bits per heavy atom. The Hall–Kier alpha value is -0.160. The minimum atomic E-state index is 0.195. The van der Waals surface area contributed by atoms with E-state index in [2.05, 4.69) is 30.7 Å². The van der Waals surface area contributed by atoms with E-state index in [1.54, 1.807) is 11.3 Å². The molecular weight excluding hydrogens is 280 g/mol. The summed E-state index contributed by atoms with van der Waals surface area (Å²) in [6.07, 6.45) is 3.20. The lowest BCUT2D eigenvalue weighted by molar-refractivity contribution is 0.0935. The van der Waals surface area contributed by atoms with Crippen LogP contribution >= 0.6 is 22.9 Å². The predicted octanol–water partition coefficient (Wildman–Crippen LogP) is 3.82. The standard InChI is InChI=1S/C14H25ClN2OS/c1-4-12(5-2)17(7-8-18)13(6-3)14-16-11(9-15)10-19-14/h10,12-13,18H,4-9H2,1-3H3. The molecule has 0 radical (unpaired) electrons. The third-order valence-corrected chi connectivity index (χ3v) is 4.82. The molecule has 1 unspecified atom stereocenters. The summed E-state index contributed by atoms with van der Waals surface area (Å²) in [6.45, 7) is 7.50. The molecule has 0 spiro atoms. The van der Waals surface area contributed by atoms with Crippen molar-refractivity contribution in [1.82, 2.24) is 9.88 Å². The Morgan fingerprint density at radius 3 is 2.42 bits per heavy atom. The maximum Gasteiger partial charge on any atom is 0.110 e. The number of aromatic nitrogens is 1. The van der Waals surface area contributed by atoms with Crippen LogP contribution in [0.1, 0.15) is 56.8 Å². The van der Waals surface area contributed by atoms with Crippen molar-refractivity contribution >= 4 is 22.9 Å². The van der Waals surface area contributed by atoms with Crippen molar-refractivity contribution in [3.63, 3.8) is 0 Å². The van der Waals surface area contributed by atoms with E-state index in [1.807, 2.05) is 5.38 Å². The zero-order chi connectivity index (χ0) is 14.3. The number of rotatable bonds is 9. The van der Waals surface area contributed by atoms with Crippen LogP contribution in [0.25, 0.3) is 0 Å². The van der Waals surface area contributed by atoms with Crippen LogP contribution in [0.3, 0.4) is 0 Å². The van der Waals surface area contributed by atoms with E-state index < -0.39 is 0 Å². The molecule has 0 aliphatic rings. The molecule has 1 atom stereocenters. The van der Waals surface area contributed by atoms with Gasteiger partial charge in [0.1, 0.15) is 5.01 Å². The summed E-state index contributed by atoms with van der Waals surface area (Å²) in [5, 5.41) is 12.5. The van der Waals surface area contributed by atoms with Gasteiger partial charge in [-0.3, -0.25) is 4.90 Å². The first-order chi connectivity index (χ1) is 9.21. The van der Waals surface area contributed by atoms with Crippen LogP contribution < -0.4 is 0 Å². The van der Waals surface area contributed by atoms with E-state index in [1.165, 1.54) is 0 Å². The van der Waals surface area contributed by atoms with Crippen molar-refractivity contribution in [1.29, 1.82) is 0 Å². The van der Waals surface area contributed by atoms with Gasteiger partial charge in [0.05, 0.1) is 24.2 Å². The van der Waals surface area contributed by atoms with Crippen LogP contribution in [-0.4, -0.2) is 34.2 Å². The molecule has 1 aromatic heterocycles. The molecular formula is C14H25ClN2OS. The lowest BCUT2D eigenvalue weighted by atomic mass is 10.1. The first-order valence-corrected chi connectivity index (χ1v) is 8.49. The molecule has 1 N–H and O–H groups in total. The summed E-state index contributed by atoms with van der Waals surface area (Å²) >= 11 is 7.52. The number of alkyl halides is 1. The van der Waals surface area contributed by atoms with Crippen molar-refractivity contribution < 1.29 is 5.11 Å². The molecule has 1 heterocycles. The number of aliphatic hydroxyl groups excluding tert-OH is 1. The van der Waals surface area contributed by atoms with Gasteiger partial charge in [-0.15, -0.1) is 22.9 Å². The second kappa shape index (κ2) is 8.90. The fraction of sp³-hybridized carbons (Fsp3) is 0.786. The average molecular weight is 305 g/mol. The van der Waals surface area contributed by atoms with Crippen molar-refractivity contribution in [2.75, 3.05) is 13.2 Å². The van der Waals surface area contributed by atoms with Gasteiger partial charge in [0, 0.05) is 18.0 Å². The van der Waals surface area contributed by atoms with Gasteiger partial charge in [0.15, 0.2) is 0 Å². The second-order valence-electron chi connectivity index (χ2n) is 4.67. The van der Waals surface area contributed by atoms with E-state index in [0.29, 0.717) is 24.5 Å². The number of thiazole rings is 1. The van der Waals surface area contributed by atoms with Gasteiger partial charge in [0.25, 0.3) is 0 Å². The molecule has 0 fully saturated rings. The summed E-state index contributed by atoms with van der Waals surface area (Å²) in [5.74, 6) is 0.470. The Labute approximate surface area is 125 Å². The highest BCUT2D eigenvalue weighted by Gasteiger charge is 2.26. The molecule has 0 bridgehead atoms. The molecule has 0 saturated heterocycles. The minimum absolute atomic E-state index is 0.195. The molecule has 0 saturated carbocycles. The monoisotopic (exact) mass is 304 g/mol. The SMILES string of the molecule is CCC(CC)N(CCO)C(CC)c1nc(CCl)cs1. The summed E-state index contributed by atoms with van der Waals surface area (Å²) in [7, 11) is 0. The average Bonchev–Trinajstić information content (AvgIpc) is 2.90. The van der Waals surface area contributed by atoms with E-state index in [4.69, 9.17) is 11.6 Å². The quantitative estimate of drug-likeness (QED) is 0.705. The fourth-order valence-corrected chi connectivity index (χ4v) is 3.80. The van der Waals surface area contributed by atoms with Crippen molar-refractivity contribution in [2.24, 2.45) is 0 Å². The summed E-state index contributed by atoms with van der Waals surface area (Å²) in [4.78, 5) is 7.02. The van der Waals surface area contributed by atoms with E-state index in [-0.39, 0.29) is 6.61 Å². The van der Waals surface area contributed by atoms with Crippen LogP contribution in [0, 0.1) is 0 Å². The normalized spacial score (nSPS) is 13.4. The zero-order valence-electron chi connectivity index (χ0n) is 12.1. The summed E-state index contributed by atoms with van der Waals surface area (Å²) < 4.78 is 0. The maximum absolute atomic E-state index is 9.34. The molecule has 3 nitrogen and oxygen atoms in total. The van der Waals surface area contributed by atoms with Crippen LogP contribution in [0.2, 0.25) is 0 Å². The highest BCUT2D eigenvalue weighted by Crippen LogP contribution is 2.30. The topological polar surface area (TPSA) is 36.4 Å². The third-order valence-electron chi connectivity index (χ3n) is 3.55. The summed E-state index contributed by atoms with van der Waals surface area (Å²) in [5.41, 5.74) is 0.952. The molecule has 0 aliphatic heterocycles. The van der Waals surface area contributed by atoms with Crippen molar-refractivity contribution in [3.05, 3.63) is 16.1 Å². The molecule has 110 valence electrons. The minimum Gasteiger partial charge on any atom is -0.395 e. The third kappa shape index (κ3) is 4.42. The molecule has 0 aromatic carbocycles. The Kier molecular flexibility index (Phi) is 7.91. The van der Waals surface area contributed by atoms with Gasteiger partial charge >= 0.3 is 0 Å². The zero-order valence-corrected chi connectivity index (χ0v) is 13.7. The Bertz CT molecular complexity index is 355. The number of halogens is 1. The first kappa shape index (κ1) is 16.9. The van der Waals surface area contributed by atoms with Gasteiger partial charge in [-0.25, -0.2) is 4.98 Å². The molecule has 0 amide bonds. The molecule has 19 heavy (non-hydrogen) atoms. The number of hydrogen-bond acceptors (Lipinski definition) is 4. The molecule has 5 heteroatoms. The highest BCUT2D eigenvalue weighted by atomic mass is 35.5. The highest BCUT2D eigenvalue weighted by molar-refractivity contribution is 7.09. The first-order valence-electron chi connectivity index (χ1n) is 7.08. The molecule has 1 rings (SSSR count). The lowest BCUT2D eigenvalue weighted by Crippen LogP contribution is -2.39. The Balaban J connectivity index is 2.94. The number of hydrogen-bond donors (Lipinski definition) is 1. The van der Waals surface area contributed by atoms with Gasteiger partial charge in [-0.05, 0) is 19.3 Å². The molecule has 0 aliphatic carbocycles. The van der Waals surface area contributed by atoms with Crippen LogP contribution in [0.5, 0.6) is 0 Å². The van der Waals surface area contributed by atoms with Gasteiger partial charge in [-0.2, -0.15) is 0 Å². The lowest BCUT2D eigenvalue weighted by Gasteiger charge is -2.35. The van der Waals surface area contributed by atoms with Crippen LogP contribution in [0.4, 0.5) is 0 Å². The fourth-order valence-electron chi connectivity index (χ4n) is 2.55. The Morgan fingerprint density at radius 2 is 2.00 bits per heavy atom. The maximum atomic E-state index is 9.34. The van der Waals surface area contributed by atoms with E-state index in [9.17, 15) is 5.11 Å². The second-order valence-corrected chi connectivity index (χ2v) is 5.82. The van der Waals surface area contributed by atoms with Gasteiger partial charge in [0.2, 0.25) is 0 Å². The van der Waals surface area contributed by atoms with Gasteiger partial charge < -0.3 is 5.11 Å². The predicted molar refractivity (Wildman–Crippen MR) is 82.9 cm³/mol. The number of nitrogens with zero attached hydrogens (tertiary/aromatic N) is 2. The van der Waals surface area contributed by atoms with E-state index >= 15 is 0 Å². The smallest absolute Gasteiger partial charge is 0.110 e. The van der Waals surface area contributed by atoms with Gasteiger partial charge in [-0.1, -0.05) is 20.8 Å². The summed E-state index contributed by atoms with van der Waals surface area (Å²) in [6, 6.07) is 0.791. The largest absolute Gasteiger partial charge is 0.395 e. The van der Waals surface area contributed by atoms with Crippen LogP contribution in [-0.2, 0) is 5.88 Å². The number of aliphatic hydroxyl groups is 1. The van der Waals surface area contributed by atoms with Crippen molar-refractivity contribution in [3.8, 4) is 0 Å². The van der Waals surface area contributed by atoms with Crippen molar-refractivity contribution in [2.45, 2.75) is 58.0 Å².